The van der Waals surface area contributed by atoms with Gasteiger partial charge in [-0.3, -0.25) is 33.8 Å². The van der Waals surface area contributed by atoms with Crippen molar-refractivity contribution < 1.29 is 63.5 Å². The third-order valence-corrected chi connectivity index (χ3v) is 27.3. The molecule has 4 saturated heterocycles. The number of aromatic nitrogens is 1. The highest BCUT2D eigenvalue weighted by Crippen LogP contribution is 2.59. The predicted molar refractivity (Wildman–Crippen MR) is 412 cm³/mol. The van der Waals surface area contributed by atoms with Gasteiger partial charge in [0, 0.05) is 129 Å². The van der Waals surface area contributed by atoms with Crippen molar-refractivity contribution in [1.82, 2.24) is 39.9 Å². The highest BCUT2D eigenvalue weighted by atomic mass is 35.5. The molecule has 108 heavy (non-hydrogen) atoms. The number of sulfonamides is 1. The van der Waals surface area contributed by atoms with Crippen LogP contribution in [0.15, 0.2) is 141 Å². The number of sulfone groups is 1. The number of fused-ring (bicyclic) bond motifs is 2. The number of anilines is 2. The lowest BCUT2D eigenvalue weighted by atomic mass is 9.78. The summed E-state index contributed by atoms with van der Waals surface area (Å²) in [6.45, 7) is 14.2. The standard InChI is InChI=1S/C79H95ClF4N10O10S4/c1-50(52-17-19-53(20-18-52)72-51(2)85-49-106-72)86-75(99)68-41-61(95)47-94(68)76(100)73(77(3,4)5)88-70(96)15-11-6-7-12-16-71(97)93-46-59-40-60(93)45-92(59)34-30-57(48-105-62-13-9-8-10-14-62)87-67-28-26-63(42-69(67)107(101,102)79(82,83)84)108(103,104)89-74(98)54-21-24-58(25-22-54)91-37-35-90(36-38-91)44-55-43-78(32-33-78)31-29-64(55)65-27-23-56(80)39-66(65)81/h8-10,13-14,17-28,39,42,49-50,57,59-61,68,73,87,95H,6-7,11-12,15-16,29-38,40-41,43-48H2,1-5H3,(H,86,99)(H,88,96)(H,89,98)/t50-,57+,59-,60-,61+,68-,73+/m0/s1. The summed E-state index contributed by atoms with van der Waals surface area (Å²) in [5, 5.41) is 20.1. The normalized spacial score (nSPS) is 20.6. The van der Waals surface area contributed by atoms with Crippen molar-refractivity contribution in [1.29, 1.82) is 0 Å². The number of nitrogens with zero attached hydrogens (tertiary/aromatic N) is 6. The zero-order valence-electron chi connectivity index (χ0n) is 61.4. The minimum atomic E-state index is -6.19. The van der Waals surface area contributed by atoms with E-state index in [4.69, 9.17) is 11.6 Å². The molecule has 20 nitrogen and oxygen atoms in total. The number of thiazole rings is 1. The highest BCUT2D eigenvalue weighted by molar-refractivity contribution is 7.99. The number of rotatable bonds is 29. The number of unbranched alkanes of at least 4 members (excludes halogenated alkanes) is 3. The fourth-order valence-electron chi connectivity index (χ4n) is 15.8. The van der Waals surface area contributed by atoms with Crippen molar-refractivity contribution in [3.8, 4) is 10.4 Å². The van der Waals surface area contributed by atoms with Gasteiger partial charge in [0.15, 0.2) is 0 Å². The molecule has 5 amide bonds. The number of nitrogens with one attached hydrogen (secondary N) is 4. The molecule has 5 N–H and O–H groups in total. The first-order chi connectivity index (χ1) is 51.3. The largest absolute Gasteiger partial charge is 0.501 e. The van der Waals surface area contributed by atoms with Gasteiger partial charge in [-0.1, -0.05) is 99.3 Å². The lowest BCUT2D eigenvalue weighted by Gasteiger charge is -2.38. The monoisotopic (exact) mass is 1580 g/mol. The van der Waals surface area contributed by atoms with E-state index < -0.39 is 94.3 Å². The summed E-state index contributed by atoms with van der Waals surface area (Å²) in [6, 6.07) is 27.5. The van der Waals surface area contributed by atoms with Gasteiger partial charge in [-0.25, -0.2) is 30.9 Å². The molecular formula is C79H95ClF4N10O10S4. The maximum absolute atomic E-state index is 15.2. The number of likely N-dealkylation sites (tertiary alicyclic amines) is 3. The molecule has 12 rings (SSSR count). The quantitative estimate of drug-likeness (QED) is 0.0166. The van der Waals surface area contributed by atoms with Gasteiger partial charge in [-0.2, -0.15) is 13.2 Å². The first-order valence-corrected chi connectivity index (χ1v) is 42.4. The molecule has 580 valence electrons. The van der Waals surface area contributed by atoms with Gasteiger partial charge >= 0.3 is 5.51 Å². The Kier molecular flexibility index (Phi) is 24.9. The Balaban J connectivity index is 0.604. The van der Waals surface area contributed by atoms with Crippen LogP contribution < -0.4 is 25.6 Å². The van der Waals surface area contributed by atoms with Crippen LogP contribution in [0.3, 0.4) is 0 Å². The SMILES string of the molecule is Cc1ncsc1-c1ccc([C@H](C)NC(=O)[C@@H]2C[C@@H](O)CN2C(=O)[C@@H](NC(=O)CCCCCCC(=O)N2C[C@@H]3C[C@H]2CN3CC[C@H](CSc2ccccc2)Nc2ccc(S(=O)(=O)NC(=O)c3ccc(N4CCN(CC5=C(c6ccc(Cl)cc6F)CCC6(CC6)C5)CC4)cc3)cc2S(=O)(=O)C(F)(F)F)C(C)(C)C)cc1. The first kappa shape index (κ1) is 80.1. The summed E-state index contributed by atoms with van der Waals surface area (Å²) in [7, 11) is -11.2. The van der Waals surface area contributed by atoms with Crippen molar-refractivity contribution in [2.24, 2.45) is 10.8 Å². The molecular weight excluding hydrogens is 1490 g/mol. The summed E-state index contributed by atoms with van der Waals surface area (Å²) in [5.74, 6) is -2.30. The number of piperazine rings is 2. The van der Waals surface area contributed by atoms with Gasteiger partial charge in [0.2, 0.25) is 23.6 Å². The predicted octanol–water partition coefficient (Wildman–Crippen LogP) is 12.8. The van der Waals surface area contributed by atoms with Crippen LogP contribution in [0.1, 0.15) is 151 Å². The van der Waals surface area contributed by atoms with E-state index in [9.17, 15) is 59.1 Å². The Labute approximate surface area is 643 Å². The Morgan fingerprint density at radius 1 is 0.796 bits per heavy atom. The topological polar surface area (TPSA) is 251 Å². The molecule has 6 aromatic rings. The Morgan fingerprint density at radius 2 is 1.51 bits per heavy atom. The van der Waals surface area contributed by atoms with E-state index in [0.717, 1.165) is 69.2 Å². The lowest BCUT2D eigenvalue weighted by molar-refractivity contribution is -0.144. The minimum Gasteiger partial charge on any atom is -0.391 e. The molecule has 0 radical (unpaired) electrons. The number of aliphatic hydroxyl groups is 1. The van der Waals surface area contributed by atoms with Crippen molar-refractivity contribution in [3.63, 3.8) is 0 Å². The molecule has 29 heteroatoms. The van der Waals surface area contributed by atoms with Crippen molar-refractivity contribution in [2.45, 2.75) is 187 Å². The Bertz CT molecular complexity index is 4540. The summed E-state index contributed by atoms with van der Waals surface area (Å²) in [6.07, 6.45) is 8.20. The summed E-state index contributed by atoms with van der Waals surface area (Å²) < 4.78 is 116. The molecule has 5 aromatic carbocycles. The average molecular weight is 1580 g/mol. The van der Waals surface area contributed by atoms with Crippen LogP contribution in [0.2, 0.25) is 5.02 Å². The molecule has 6 aliphatic rings. The van der Waals surface area contributed by atoms with Gasteiger partial charge in [0.25, 0.3) is 25.8 Å². The first-order valence-electron chi connectivity index (χ1n) is 37.1. The van der Waals surface area contributed by atoms with E-state index in [1.807, 2.05) is 98.8 Å². The molecule has 5 heterocycles. The van der Waals surface area contributed by atoms with E-state index in [-0.39, 0.29) is 60.4 Å². The number of benzene rings is 5. The zero-order valence-corrected chi connectivity index (χ0v) is 65.4. The van der Waals surface area contributed by atoms with Crippen molar-refractivity contribution in [3.05, 3.63) is 160 Å². The number of hydrogen-bond donors (Lipinski definition) is 5. The van der Waals surface area contributed by atoms with Gasteiger partial charge in [-0.15, -0.1) is 23.1 Å². The fourth-order valence-corrected chi connectivity index (χ4v) is 19.7. The summed E-state index contributed by atoms with van der Waals surface area (Å²) in [5.41, 5.74) is 1.53. The average Bonchev–Trinajstić information content (AvgIpc) is 1.26. The summed E-state index contributed by atoms with van der Waals surface area (Å²) in [4.78, 5) is 83.0. The van der Waals surface area contributed by atoms with E-state index in [1.165, 1.54) is 53.3 Å². The molecule has 0 unspecified atom stereocenters. The fraction of sp³-hybridized carbons (Fsp3) is 0.494. The maximum Gasteiger partial charge on any atom is 0.501 e. The zero-order chi connectivity index (χ0) is 77.0. The van der Waals surface area contributed by atoms with Crippen LogP contribution in [0, 0.1) is 23.6 Å². The third kappa shape index (κ3) is 19.1. The van der Waals surface area contributed by atoms with E-state index in [0.29, 0.717) is 119 Å². The van der Waals surface area contributed by atoms with Gasteiger partial charge in [-0.05, 0) is 166 Å². The van der Waals surface area contributed by atoms with Crippen molar-refractivity contribution in [2.75, 3.05) is 74.9 Å². The number of alkyl halides is 3. The molecule has 4 aliphatic heterocycles. The number of amides is 5. The van der Waals surface area contributed by atoms with Crippen LogP contribution in [0.25, 0.3) is 16.0 Å². The molecule has 1 saturated carbocycles. The second kappa shape index (κ2) is 33.6. The number of aliphatic hydroxyl groups excluding tert-OH is 1. The number of aryl methyl sites for hydroxylation is 1. The Morgan fingerprint density at radius 3 is 2.16 bits per heavy atom. The molecule has 5 fully saturated rings. The van der Waals surface area contributed by atoms with Crippen LogP contribution in [-0.4, -0.2) is 183 Å². The molecule has 2 aliphatic carbocycles. The lowest BCUT2D eigenvalue weighted by Crippen LogP contribution is -2.57. The van der Waals surface area contributed by atoms with Gasteiger partial charge in [0.1, 0.15) is 22.8 Å². The second-order valence-electron chi connectivity index (χ2n) is 30.9. The van der Waals surface area contributed by atoms with E-state index in [2.05, 4.69) is 35.6 Å². The number of allylic oxidation sites excluding steroid dienone is 1. The maximum atomic E-state index is 15.2. The molecule has 1 spiro atoms. The van der Waals surface area contributed by atoms with Crippen LogP contribution >= 0.6 is 34.7 Å². The van der Waals surface area contributed by atoms with Gasteiger partial charge in [0.05, 0.1) is 38.8 Å². The smallest absolute Gasteiger partial charge is 0.391 e. The molecule has 1 aromatic heterocycles. The second-order valence-corrected chi connectivity index (χ2v) is 36.8. The van der Waals surface area contributed by atoms with E-state index in [1.54, 1.807) is 41.1 Å². The molecule has 2 bridgehead atoms. The number of carbonyl (C=O) groups excluding carboxylic acids is 5. The molecule has 7 atom stereocenters. The van der Waals surface area contributed by atoms with Gasteiger partial charge < -0.3 is 35.8 Å². The van der Waals surface area contributed by atoms with Crippen LogP contribution in [-0.2, 0) is 39.0 Å². The van der Waals surface area contributed by atoms with Crippen molar-refractivity contribution >= 4 is 101 Å². The summed E-state index contributed by atoms with van der Waals surface area (Å²) >= 11 is 9.06. The minimum absolute atomic E-state index is 0.00399. The number of halogens is 5. The highest BCUT2D eigenvalue weighted by Gasteiger charge is 2.50. The van der Waals surface area contributed by atoms with Crippen LogP contribution in [0.4, 0.5) is 28.9 Å². The van der Waals surface area contributed by atoms with E-state index >= 15 is 4.39 Å². The number of carbonyl (C=O) groups is 5. The third-order valence-electron chi connectivity index (χ3n) is 22.1. The number of thioether (sulfide) groups is 1. The van der Waals surface area contributed by atoms with Crippen LogP contribution in [0.5, 0.6) is 0 Å². The number of hydrogen-bond acceptors (Lipinski definition) is 17. The number of β-amino-alcohol motifs (C(OH)–C–C–N with tert-alkyl or cyclic N) is 1. The Hall–Kier alpha value is -7.44.